The van der Waals surface area contributed by atoms with Gasteiger partial charge in [-0.1, -0.05) is 57.8 Å². The van der Waals surface area contributed by atoms with Crippen molar-refractivity contribution >= 4 is 66.9 Å². The van der Waals surface area contributed by atoms with Crippen LogP contribution in [-0.4, -0.2) is 23.6 Å². The standard InChI is InChI=1S/C35H24Br2N2O6/c1-35(2,27-13-11-25(19-29(27)36)44-23-7-3-21(4-8-23)38-31(40)15-16-32(38)41)28-14-12-26(20-30(28)37)45-24-9-5-22(6-10-24)39-33(42)17-18-34(39)43/h3-20H,1-2H3. The summed E-state index contributed by atoms with van der Waals surface area (Å²) in [7, 11) is 0. The van der Waals surface area contributed by atoms with E-state index in [-0.39, 0.29) is 23.6 Å². The average Bonchev–Trinajstić information content (AvgIpc) is 3.52. The van der Waals surface area contributed by atoms with Gasteiger partial charge in [0.2, 0.25) is 0 Å². The Morgan fingerprint density at radius 3 is 1.11 bits per heavy atom. The average molecular weight is 728 g/mol. The van der Waals surface area contributed by atoms with E-state index in [4.69, 9.17) is 9.47 Å². The van der Waals surface area contributed by atoms with E-state index in [1.165, 1.54) is 24.3 Å². The Labute approximate surface area is 275 Å². The minimum atomic E-state index is -0.413. The Bertz CT molecular complexity index is 1760. The van der Waals surface area contributed by atoms with Gasteiger partial charge < -0.3 is 9.47 Å². The molecule has 0 N–H and O–H groups in total. The summed E-state index contributed by atoms with van der Waals surface area (Å²) in [6.45, 7) is 4.24. The van der Waals surface area contributed by atoms with Crippen LogP contribution in [0.1, 0.15) is 25.0 Å². The Balaban J connectivity index is 1.14. The highest BCUT2D eigenvalue weighted by molar-refractivity contribution is 9.10. The smallest absolute Gasteiger partial charge is 0.258 e. The highest BCUT2D eigenvalue weighted by atomic mass is 79.9. The molecule has 224 valence electrons. The van der Waals surface area contributed by atoms with Gasteiger partial charge in [-0.3, -0.25) is 19.2 Å². The monoisotopic (exact) mass is 726 g/mol. The third kappa shape index (κ3) is 5.99. The number of hydrogen-bond donors (Lipinski definition) is 0. The van der Waals surface area contributed by atoms with Crippen molar-refractivity contribution < 1.29 is 28.7 Å². The summed E-state index contributed by atoms with van der Waals surface area (Å²) in [6.07, 6.45) is 4.99. The van der Waals surface area contributed by atoms with E-state index in [2.05, 4.69) is 45.7 Å². The van der Waals surface area contributed by atoms with Crippen molar-refractivity contribution in [1.29, 1.82) is 0 Å². The van der Waals surface area contributed by atoms with Crippen LogP contribution < -0.4 is 19.3 Å². The molecular weight excluding hydrogens is 704 g/mol. The highest BCUT2D eigenvalue weighted by Gasteiger charge is 2.29. The van der Waals surface area contributed by atoms with Crippen LogP contribution >= 0.6 is 31.9 Å². The summed E-state index contributed by atoms with van der Waals surface area (Å²) in [5.74, 6) is 0.879. The molecule has 2 aliphatic rings. The number of halogens is 2. The number of hydrogen-bond acceptors (Lipinski definition) is 6. The summed E-state index contributed by atoms with van der Waals surface area (Å²) in [6, 6.07) is 25.1. The third-order valence-electron chi connectivity index (χ3n) is 7.51. The zero-order valence-electron chi connectivity index (χ0n) is 24.0. The molecule has 4 aromatic rings. The summed E-state index contributed by atoms with van der Waals surface area (Å²) in [4.78, 5) is 50.0. The molecule has 2 aliphatic heterocycles. The largest absolute Gasteiger partial charge is 0.457 e. The van der Waals surface area contributed by atoms with Gasteiger partial charge in [0.15, 0.2) is 0 Å². The lowest BCUT2D eigenvalue weighted by Crippen LogP contribution is -2.29. The van der Waals surface area contributed by atoms with Gasteiger partial charge in [-0.25, -0.2) is 9.80 Å². The van der Waals surface area contributed by atoms with E-state index in [0.29, 0.717) is 34.4 Å². The molecule has 10 heteroatoms. The normalized spacial score (nSPS) is 14.6. The second-order valence-corrected chi connectivity index (χ2v) is 12.5. The lowest BCUT2D eigenvalue weighted by Gasteiger charge is -2.29. The molecule has 6 rings (SSSR count). The number of imide groups is 2. The third-order valence-corrected chi connectivity index (χ3v) is 8.82. The Hall–Kier alpha value is -4.80. The molecule has 0 bridgehead atoms. The maximum atomic E-state index is 11.9. The molecule has 4 amide bonds. The maximum absolute atomic E-state index is 11.9. The molecule has 0 aliphatic carbocycles. The van der Waals surface area contributed by atoms with Crippen LogP contribution in [0.15, 0.2) is 118 Å². The second-order valence-electron chi connectivity index (χ2n) is 10.8. The molecule has 0 atom stereocenters. The van der Waals surface area contributed by atoms with Crippen LogP contribution in [-0.2, 0) is 24.6 Å². The molecule has 0 fully saturated rings. The van der Waals surface area contributed by atoms with Crippen molar-refractivity contribution in [2.45, 2.75) is 19.3 Å². The van der Waals surface area contributed by atoms with Crippen LogP contribution in [0.3, 0.4) is 0 Å². The van der Waals surface area contributed by atoms with Crippen LogP contribution in [0.2, 0.25) is 0 Å². The van der Waals surface area contributed by atoms with Crippen LogP contribution in [0.25, 0.3) is 0 Å². The minimum Gasteiger partial charge on any atom is -0.457 e. The first-order chi connectivity index (χ1) is 21.5. The molecule has 8 nitrogen and oxygen atoms in total. The number of carbonyl (C=O) groups excluding carboxylic acids is 4. The van der Waals surface area contributed by atoms with Crippen molar-refractivity contribution in [2.75, 3.05) is 9.80 Å². The van der Waals surface area contributed by atoms with Gasteiger partial charge in [-0.2, -0.15) is 0 Å². The lowest BCUT2D eigenvalue weighted by atomic mass is 9.78. The Kier molecular flexibility index (Phi) is 8.03. The predicted molar refractivity (Wildman–Crippen MR) is 177 cm³/mol. The van der Waals surface area contributed by atoms with E-state index in [1.807, 2.05) is 36.4 Å². The topological polar surface area (TPSA) is 93.2 Å². The van der Waals surface area contributed by atoms with E-state index >= 15 is 0 Å². The van der Waals surface area contributed by atoms with Crippen molar-refractivity contribution in [3.63, 3.8) is 0 Å². The molecule has 0 spiro atoms. The summed E-state index contributed by atoms with van der Waals surface area (Å²) in [5, 5.41) is 0. The molecule has 0 aromatic heterocycles. The SMILES string of the molecule is CC(C)(c1ccc(Oc2ccc(N3C(=O)C=CC3=O)cc2)cc1Br)c1ccc(Oc2ccc(N3C(=O)C=CC3=O)cc2)cc1Br. The molecular formula is C35H24Br2N2O6. The van der Waals surface area contributed by atoms with E-state index in [9.17, 15) is 19.2 Å². The second kappa shape index (κ2) is 11.9. The molecule has 4 aromatic carbocycles. The number of amides is 4. The van der Waals surface area contributed by atoms with Gasteiger partial charge in [0.25, 0.3) is 23.6 Å². The number of anilines is 2. The van der Waals surface area contributed by atoms with E-state index in [1.54, 1.807) is 48.5 Å². The first-order valence-electron chi connectivity index (χ1n) is 13.8. The predicted octanol–water partition coefficient (Wildman–Crippen LogP) is 7.98. The number of benzene rings is 4. The van der Waals surface area contributed by atoms with Crippen molar-refractivity contribution in [1.82, 2.24) is 0 Å². The van der Waals surface area contributed by atoms with Gasteiger partial charge in [0.05, 0.1) is 11.4 Å². The number of rotatable bonds is 8. The van der Waals surface area contributed by atoms with Gasteiger partial charge >= 0.3 is 0 Å². The molecule has 45 heavy (non-hydrogen) atoms. The highest BCUT2D eigenvalue weighted by Crippen LogP contribution is 2.42. The number of ether oxygens (including phenoxy) is 2. The van der Waals surface area contributed by atoms with Gasteiger partial charge in [-0.15, -0.1) is 0 Å². The van der Waals surface area contributed by atoms with Crippen LogP contribution in [0.5, 0.6) is 23.0 Å². The quantitative estimate of drug-likeness (QED) is 0.171. The zero-order valence-corrected chi connectivity index (χ0v) is 27.2. The fraction of sp³-hybridized carbons (Fsp3) is 0.0857. The number of carbonyl (C=O) groups is 4. The summed E-state index contributed by atoms with van der Waals surface area (Å²) >= 11 is 7.45. The fourth-order valence-electron chi connectivity index (χ4n) is 5.19. The van der Waals surface area contributed by atoms with Crippen molar-refractivity contribution in [2.24, 2.45) is 0 Å². The first kappa shape index (κ1) is 30.2. The van der Waals surface area contributed by atoms with E-state index in [0.717, 1.165) is 29.9 Å². The van der Waals surface area contributed by atoms with Crippen LogP contribution in [0, 0.1) is 0 Å². The minimum absolute atomic E-state index is 0.371. The van der Waals surface area contributed by atoms with Crippen molar-refractivity contribution in [3.05, 3.63) is 129 Å². The van der Waals surface area contributed by atoms with Gasteiger partial charge in [0.1, 0.15) is 23.0 Å². The molecule has 0 saturated carbocycles. The summed E-state index contributed by atoms with van der Waals surface area (Å²) < 4.78 is 13.8. The lowest BCUT2D eigenvalue weighted by molar-refractivity contribution is -0.121. The molecule has 0 radical (unpaired) electrons. The van der Waals surface area contributed by atoms with Crippen LogP contribution in [0.4, 0.5) is 11.4 Å². The van der Waals surface area contributed by atoms with Gasteiger partial charge in [-0.05, 0) is 83.9 Å². The Morgan fingerprint density at radius 2 is 0.800 bits per heavy atom. The van der Waals surface area contributed by atoms with Gasteiger partial charge in [0, 0.05) is 38.7 Å². The maximum Gasteiger partial charge on any atom is 0.258 e. The van der Waals surface area contributed by atoms with E-state index < -0.39 is 5.41 Å². The molecule has 0 saturated heterocycles. The zero-order chi connectivity index (χ0) is 31.9. The first-order valence-corrected chi connectivity index (χ1v) is 15.4. The number of nitrogens with zero attached hydrogens (tertiary/aromatic N) is 2. The molecule has 2 heterocycles. The molecule has 0 unspecified atom stereocenters. The fourth-order valence-corrected chi connectivity index (χ4v) is 6.89. The summed E-state index contributed by atoms with van der Waals surface area (Å²) in [5.41, 5.74) is 2.62. The Morgan fingerprint density at radius 1 is 0.489 bits per heavy atom. The van der Waals surface area contributed by atoms with Crippen molar-refractivity contribution in [3.8, 4) is 23.0 Å².